The van der Waals surface area contributed by atoms with E-state index in [-0.39, 0.29) is 5.54 Å². The van der Waals surface area contributed by atoms with Crippen molar-refractivity contribution in [3.05, 3.63) is 17.6 Å². The third kappa shape index (κ3) is 1.49. The van der Waals surface area contributed by atoms with Crippen LogP contribution >= 0.6 is 0 Å². The van der Waals surface area contributed by atoms with Crippen LogP contribution in [-0.2, 0) is 12.8 Å². The normalized spacial score (nSPS) is 21.1. The monoisotopic (exact) mass is 204 g/mol. The largest absolute Gasteiger partial charge is 0.363 e. The quantitative estimate of drug-likeness (QED) is 0.766. The Morgan fingerprint density at radius 3 is 2.93 bits per heavy atom. The molecule has 0 spiro atoms. The summed E-state index contributed by atoms with van der Waals surface area (Å²) in [6, 6.07) is 0. The summed E-state index contributed by atoms with van der Waals surface area (Å²) in [6.45, 7) is 0.700. The van der Waals surface area contributed by atoms with Crippen molar-refractivity contribution in [1.82, 2.24) is 9.97 Å². The van der Waals surface area contributed by atoms with Gasteiger partial charge >= 0.3 is 0 Å². The van der Waals surface area contributed by atoms with Crippen LogP contribution in [0.25, 0.3) is 0 Å². The number of nitrogens with zero attached hydrogens (tertiary/aromatic N) is 2. The summed E-state index contributed by atoms with van der Waals surface area (Å²) in [7, 11) is 0. The van der Waals surface area contributed by atoms with Crippen LogP contribution in [0, 0.1) is 0 Å². The first kappa shape index (κ1) is 9.09. The summed E-state index contributed by atoms with van der Waals surface area (Å²) in [5.74, 6) is 1.03. The van der Waals surface area contributed by atoms with E-state index in [4.69, 9.17) is 5.73 Å². The zero-order valence-corrected chi connectivity index (χ0v) is 8.79. The van der Waals surface area contributed by atoms with Gasteiger partial charge in [0.05, 0.1) is 5.54 Å². The summed E-state index contributed by atoms with van der Waals surface area (Å²) in [6.07, 6.45) is 7.42. The van der Waals surface area contributed by atoms with Gasteiger partial charge in [-0.2, -0.15) is 0 Å². The maximum absolute atomic E-state index is 5.76. The molecule has 0 aliphatic heterocycles. The Morgan fingerprint density at radius 1 is 1.33 bits per heavy atom. The average molecular weight is 204 g/mol. The molecule has 0 bridgehead atoms. The first-order valence-corrected chi connectivity index (χ1v) is 5.64. The molecule has 2 aliphatic rings. The number of hydrogen-bond donors (Lipinski definition) is 2. The van der Waals surface area contributed by atoms with Crippen molar-refractivity contribution in [2.24, 2.45) is 5.73 Å². The molecule has 0 amide bonds. The standard InChI is InChI=1S/C11H16N4/c12-6-11(4-5-11)15-10-8-2-1-3-9(8)13-7-14-10/h7H,1-6,12H2,(H,13,14,15). The van der Waals surface area contributed by atoms with Crippen molar-refractivity contribution < 1.29 is 0 Å². The van der Waals surface area contributed by atoms with E-state index in [9.17, 15) is 0 Å². The van der Waals surface area contributed by atoms with Gasteiger partial charge in [0, 0.05) is 17.8 Å². The highest BCUT2D eigenvalue weighted by atomic mass is 15.1. The second-order valence-corrected chi connectivity index (χ2v) is 4.61. The van der Waals surface area contributed by atoms with E-state index in [1.807, 2.05) is 0 Å². The Kier molecular flexibility index (Phi) is 1.92. The SMILES string of the molecule is NCC1(Nc2ncnc3c2CCC3)CC1. The number of aromatic nitrogens is 2. The second-order valence-electron chi connectivity index (χ2n) is 4.61. The Hall–Kier alpha value is -1.16. The predicted octanol–water partition coefficient (Wildman–Crippen LogP) is 0.868. The van der Waals surface area contributed by atoms with Crippen LogP contribution in [0.5, 0.6) is 0 Å². The number of rotatable bonds is 3. The molecule has 1 fully saturated rings. The Labute approximate surface area is 89.3 Å². The molecule has 0 unspecified atom stereocenters. The summed E-state index contributed by atoms with van der Waals surface area (Å²) in [5.41, 5.74) is 8.44. The number of nitrogens with one attached hydrogen (secondary N) is 1. The highest BCUT2D eigenvalue weighted by molar-refractivity contribution is 5.51. The molecule has 3 N–H and O–H groups in total. The van der Waals surface area contributed by atoms with Crippen LogP contribution in [-0.4, -0.2) is 22.1 Å². The van der Waals surface area contributed by atoms with Crippen LogP contribution in [0.4, 0.5) is 5.82 Å². The molecule has 4 heteroatoms. The van der Waals surface area contributed by atoms with Crippen molar-refractivity contribution in [2.75, 3.05) is 11.9 Å². The lowest BCUT2D eigenvalue weighted by Gasteiger charge is -2.17. The van der Waals surface area contributed by atoms with E-state index in [2.05, 4.69) is 15.3 Å². The van der Waals surface area contributed by atoms with Gasteiger partial charge in [0.1, 0.15) is 12.1 Å². The molecule has 0 saturated heterocycles. The van der Waals surface area contributed by atoms with E-state index in [0.717, 1.165) is 18.7 Å². The number of aryl methyl sites for hydroxylation is 1. The van der Waals surface area contributed by atoms with Gasteiger partial charge in [-0.15, -0.1) is 0 Å². The molecule has 80 valence electrons. The molecule has 0 atom stereocenters. The third-order valence-corrected chi connectivity index (χ3v) is 3.50. The first-order valence-electron chi connectivity index (χ1n) is 5.64. The molecular formula is C11H16N4. The average Bonchev–Trinajstić information content (AvgIpc) is 2.87. The first-order chi connectivity index (χ1) is 7.33. The lowest BCUT2D eigenvalue weighted by atomic mass is 10.2. The van der Waals surface area contributed by atoms with Gasteiger partial charge in [-0.05, 0) is 32.1 Å². The van der Waals surface area contributed by atoms with Gasteiger partial charge in [0.15, 0.2) is 0 Å². The van der Waals surface area contributed by atoms with Crippen molar-refractivity contribution in [2.45, 2.75) is 37.6 Å². The molecule has 1 heterocycles. The number of nitrogens with two attached hydrogens (primary N) is 1. The fourth-order valence-corrected chi connectivity index (χ4v) is 2.25. The molecule has 3 rings (SSSR count). The van der Waals surface area contributed by atoms with Gasteiger partial charge < -0.3 is 11.1 Å². The van der Waals surface area contributed by atoms with Gasteiger partial charge in [0.2, 0.25) is 0 Å². The molecule has 2 aliphatic carbocycles. The lowest BCUT2D eigenvalue weighted by Crippen LogP contribution is -2.31. The van der Waals surface area contributed by atoms with E-state index in [0.29, 0.717) is 6.54 Å². The molecule has 0 radical (unpaired) electrons. The molecule has 1 aromatic rings. The summed E-state index contributed by atoms with van der Waals surface area (Å²) >= 11 is 0. The minimum atomic E-state index is 0.144. The van der Waals surface area contributed by atoms with E-state index in [1.54, 1.807) is 6.33 Å². The van der Waals surface area contributed by atoms with Gasteiger partial charge in [-0.3, -0.25) is 0 Å². The Bertz CT molecular complexity index is 384. The maximum atomic E-state index is 5.76. The predicted molar refractivity (Wildman–Crippen MR) is 58.7 cm³/mol. The van der Waals surface area contributed by atoms with Gasteiger partial charge in [-0.25, -0.2) is 9.97 Å². The smallest absolute Gasteiger partial charge is 0.133 e. The minimum absolute atomic E-state index is 0.144. The molecule has 1 aromatic heterocycles. The van der Waals surface area contributed by atoms with Crippen LogP contribution < -0.4 is 11.1 Å². The Balaban J connectivity index is 1.89. The fraction of sp³-hybridized carbons (Fsp3) is 0.636. The molecule has 15 heavy (non-hydrogen) atoms. The van der Waals surface area contributed by atoms with E-state index in [1.165, 1.54) is 30.5 Å². The van der Waals surface area contributed by atoms with Crippen LogP contribution in [0.15, 0.2) is 6.33 Å². The molecule has 0 aromatic carbocycles. The summed E-state index contributed by atoms with van der Waals surface area (Å²) < 4.78 is 0. The third-order valence-electron chi connectivity index (χ3n) is 3.50. The fourth-order valence-electron chi connectivity index (χ4n) is 2.25. The highest BCUT2D eigenvalue weighted by Crippen LogP contribution is 2.39. The number of anilines is 1. The Morgan fingerprint density at radius 2 is 2.20 bits per heavy atom. The van der Waals surface area contributed by atoms with Crippen molar-refractivity contribution in [3.63, 3.8) is 0 Å². The van der Waals surface area contributed by atoms with Crippen LogP contribution in [0.1, 0.15) is 30.5 Å². The molecule has 1 saturated carbocycles. The lowest BCUT2D eigenvalue weighted by molar-refractivity contribution is 0.733. The summed E-state index contributed by atoms with van der Waals surface area (Å²) in [5, 5.41) is 3.50. The van der Waals surface area contributed by atoms with Gasteiger partial charge in [-0.1, -0.05) is 0 Å². The molecular weight excluding hydrogens is 188 g/mol. The zero-order chi connectivity index (χ0) is 10.3. The number of hydrogen-bond acceptors (Lipinski definition) is 4. The van der Waals surface area contributed by atoms with E-state index < -0.39 is 0 Å². The van der Waals surface area contributed by atoms with Crippen molar-refractivity contribution >= 4 is 5.82 Å². The topological polar surface area (TPSA) is 63.8 Å². The van der Waals surface area contributed by atoms with Crippen molar-refractivity contribution in [1.29, 1.82) is 0 Å². The van der Waals surface area contributed by atoms with Crippen molar-refractivity contribution in [3.8, 4) is 0 Å². The van der Waals surface area contributed by atoms with Crippen LogP contribution in [0.3, 0.4) is 0 Å². The molecule has 4 nitrogen and oxygen atoms in total. The summed E-state index contributed by atoms with van der Waals surface area (Å²) in [4.78, 5) is 8.66. The van der Waals surface area contributed by atoms with Crippen LogP contribution in [0.2, 0.25) is 0 Å². The minimum Gasteiger partial charge on any atom is -0.363 e. The second kappa shape index (κ2) is 3.17. The van der Waals surface area contributed by atoms with Gasteiger partial charge in [0.25, 0.3) is 0 Å². The number of fused-ring (bicyclic) bond motifs is 1. The zero-order valence-electron chi connectivity index (χ0n) is 8.79. The maximum Gasteiger partial charge on any atom is 0.133 e. The highest BCUT2D eigenvalue weighted by Gasteiger charge is 2.42. The van der Waals surface area contributed by atoms with E-state index >= 15 is 0 Å².